The van der Waals surface area contributed by atoms with Crippen LogP contribution in [0.4, 0.5) is 0 Å². The van der Waals surface area contributed by atoms with Crippen LogP contribution in [0.25, 0.3) is 0 Å². The fourth-order valence-electron chi connectivity index (χ4n) is 0.174. The summed E-state index contributed by atoms with van der Waals surface area (Å²) in [5.74, 6) is -0.400. The molecule has 0 spiro atoms. The highest BCUT2D eigenvalue weighted by Gasteiger charge is 1.93. The van der Waals surface area contributed by atoms with E-state index >= 15 is 0 Å². The molecule has 56 valence electrons. The number of isocyanates is 1. The van der Waals surface area contributed by atoms with Gasteiger partial charge in [0.2, 0.25) is 12.0 Å². The molecule has 0 unspecified atom stereocenters. The van der Waals surface area contributed by atoms with Crippen molar-refractivity contribution in [2.45, 2.75) is 13.3 Å². The predicted octanol–water partition coefficient (Wildman–Crippen LogP) is 0.339. The van der Waals surface area contributed by atoms with Gasteiger partial charge in [-0.1, -0.05) is 13.5 Å². The Hall–Kier alpha value is -1.41. The number of carbonyl (C=O) groups is 1. The second-order valence-corrected chi connectivity index (χ2v) is 1.42. The molecule has 0 heterocycles. The van der Waals surface area contributed by atoms with Crippen molar-refractivity contribution >= 4 is 12.0 Å². The molecule has 0 rings (SSSR count). The number of carbonyl (C=O) groups excluding carboxylic acids is 2. The molecule has 4 nitrogen and oxygen atoms in total. The van der Waals surface area contributed by atoms with Crippen LogP contribution in [0.2, 0.25) is 0 Å². The van der Waals surface area contributed by atoms with Gasteiger partial charge >= 0.3 is 0 Å². The molecule has 0 aromatic rings. The van der Waals surface area contributed by atoms with E-state index in [0.717, 1.165) is 6.08 Å². The topological polar surface area (TPSA) is 84.0 Å². The van der Waals surface area contributed by atoms with E-state index in [1.807, 2.05) is 6.92 Å². The van der Waals surface area contributed by atoms with E-state index in [9.17, 15) is 4.79 Å². The first-order valence-electron chi connectivity index (χ1n) is 2.61. The first-order valence-corrected chi connectivity index (χ1v) is 2.61. The minimum atomic E-state index is -0.400. The van der Waals surface area contributed by atoms with Crippen LogP contribution in [0.5, 0.6) is 0 Å². The zero-order valence-electron chi connectivity index (χ0n) is 5.81. The van der Waals surface area contributed by atoms with Crippen molar-refractivity contribution in [1.82, 2.24) is 0 Å². The third kappa shape index (κ3) is 9.77. The van der Waals surface area contributed by atoms with E-state index in [1.165, 1.54) is 0 Å². The Morgan fingerprint density at radius 2 is 2.10 bits per heavy atom. The molecule has 0 saturated heterocycles. The molecule has 3 N–H and O–H groups in total. The van der Waals surface area contributed by atoms with Crippen LogP contribution in [0, 0.1) is 5.41 Å². The van der Waals surface area contributed by atoms with Gasteiger partial charge in [-0.3, -0.25) is 4.79 Å². The van der Waals surface area contributed by atoms with Crippen molar-refractivity contribution in [1.29, 1.82) is 5.41 Å². The van der Waals surface area contributed by atoms with Gasteiger partial charge in [-0.05, 0) is 6.42 Å². The molecule has 0 aliphatic carbocycles. The zero-order chi connectivity index (χ0) is 8.57. The van der Waals surface area contributed by atoms with Crippen molar-refractivity contribution in [3.63, 3.8) is 0 Å². The molecule has 0 fully saturated rings. The molecule has 0 bridgehead atoms. The summed E-state index contributed by atoms with van der Waals surface area (Å²) in [6, 6.07) is 0. The van der Waals surface area contributed by atoms with Gasteiger partial charge in [0.25, 0.3) is 0 Å². The zero-order valence-corrected chi connectivity index (χ0v) is 5.81. The van der Waals surface area contributed by atoms with E-state index in [1.54, 1.807) is 0 Å². The van der Waals surface area contributed by atoms with Crippen LogP contribution in [0.3, 0.4) is 0 Å². The van der Waals surface area contributed by atoms with E-state index in [2.05, 4.69) is 6.58 Å². The molecule has 0 aliphatic rings. The minimum Gasteiger partial charge on any atom is -0.366 e. The Bertz CT molecular complexity index is 157. The van der Waals surface area contributed by atoms with Gasteiger partial charge in [0.05, 0.1) is 0 Å². The van der Waals surface area contributed by atoms with Gasteiger partial charge in [0.1, 0.15) is 0 Å². The highest BCUT2D eigenvalue weighted by Crippen LogP contribution is 1.91. The number of amides is 1. The van der Waals surface area contributed by atoms with Crippen molar-refractivity contribution < 1.29 is 9.59 Å². The van der Waals surface area contributed by atoms with Crippen LogP contribution in [0.15, 0.2) is 12.2 Å². The molecule has 0 atom stereocenters. The maximum atomic E-state index is 10.1. The largest absolute Gasteiger partial charge is 0.366 e. The van der Waals surface area contributed by atoms with Crippen LogP contribution in [-0.2, 0) is 9.59 Å². The summed E-state index contributed by atoms with van der Waals surface area (Å²) in [6.45, 7) is 5.24. The van der Waals surface area contributed by atoms with Gasteiger partial charge in [0.15, 0.2) is 0 Å². The Kier molecular flexibility index (Phi) is 8.65. The summed E-state index contributed by atoms with van der Waals surface area (Å²) in [4.78, 5) is 18.4. The van der Waals surface area contributed by atoms with Crippen molar-refractivity contribution in [3.05, 3.63) is 12.2 Å². The van der Waals surface area contributed by atoms with Gasteiger partial charge in [-0.2, -0.15) is 0 Å². The van der Waals surface area contributed by atoms with Gasteiger partial charge < -0.3 is 5.73 Å². The fourth-order valence-corrected chi connectivity index (χ4v) is 0.174. The van der Waals surface area contributed by atoms with E-state index in [4.69, 9.17) is 15.9 Å². The molecule has 0 saturated carbocycles. The third-order valence-electron chi connectivity index (χ3n) is 0.775. The average Bonchev–Trinajstić information content (AvgIpc) is 1.88. The number of primary amides is 1. The van der Waals surface area contributed by atoms with Crippen LogP contribution in [0.1, 0.15) is 13.3 Å². The summed E-state index contributed by atoms with van der Waals surface area (Å²) >= 11 is 0. The van der Waals surface area contributed by atoms with E-state index in [0.29, 0.717) is 12.0 Å². The number of nitrogens with two attached hydrogens (primary N) is 1. The maximum Gasteiger partial charge on any atom is 0.244 e. The average molecular weight is 142 g/mol. The Morgan fingerprint density at radius 1 is 1.80 bits per heavy atom. The molecule has 0 aromatic heterocycles. The Labute approximate surface area is 59.2 Å². The molecule has 10 heavy (non-hydrogen) atoms. The van der Waals surface area contributed by atoms with Crippen LogP contribution in [-0.4, -0.2) is 12.0 Å². The number of nitrogens with one attached hydrogen (secondary N) is 1. The highest BCUT2D eigenvalue weighted by atomic mass is 16.1. The van der Waals surface area contributed by atoms with Crippen LogP contribution < -0.4 is 5.73 Å². The molecule has 1 amide bonds. The van der Waals surface area contributed by atoms with E-state index < -0.39 is 5.91 Å². The maximum absolute atomic E-state index is 10.1. The van der Waals surface area contributed by atoms with Gasteiger partial charge in [0, 0.05) is 5.57 Å². The summed E-state index contributed by atoms with van der Waals surface area (Å²) in [7, 11) is 0. The lowest BCUT2D eigenvalue weighted by atomic mass is 10.2. The smallest absolute Gasteiger partial charge is 0.244 e. The molecule has 4 heteroatoms. The van der Waals surface area contributed by atoms with Crippen LogP contribution >= 0.6 is 0 Å². The van der Waals surface area contributed by atoms with E-state index in [-0.39, 0.29) is 0 Å². The number of hydrogen-bond donors (Lipinski definition) is 2. The summed E-state index contributed by atoms with van der Waals surface area (Å²) in [5, 5.41) is 5.40. The summed E-state index contributed by atoms with van der Waals surface area (Å²) in [6.07, 6.45) is 1.40. The fraction of sp³-hybridized carbons (Fsp3) is 0.333. The predicted molar refractivity (Wildman–Crippen MR) is 37.0 cm³/mol. The third-order valence-corrected chi connectivity index (χ3v) is 0.775. The second kappa shape index (κ2) is 7.59. The first-order chi connectivity index (χ1) is 4.59. The lowest BCUT2D eigenvalue weighted by molar-refractivity contribution is -0.114. The summed E-state index contributed by atoms with van der Waals surface area (Å²) < 4.78 is 0. The van der Waals surface area contributed by atoms with Crippen molar-refractivity contribution in [3.8, 4) is 0 Å². The molecule has 0 radical (unpaired) electrons. The standard InChI is InChI=1S/C5H9NO.CHNO/c1-3-4(2)5(6)7;2-1-3/h2-3H2,1H3,(H2,6,7);2H. The number of hydrogen-bond acceptors (Lipinski definition) is 3. The molecule has 0 aliphatic heterocycles. The Morgan fingerprint density at radius 3 is 2.10 bits per heavy atom. The molecular weight excluding hydrogens is 132 g/mol. The lowest BCUT2D eigenvalue weighted by Gasteiger charge is -1.89. The van der Waals surface area contributed by atoms with Gasteiger partial charge in [-0.25, -0.2) is 10.2 Å². The minimum absolute atomic E-state index is 0.400. The first kappa shape index (κ1) is 11.4. The quantitative estimate of drug-likeness (QED) is 0.331. The second-order valence-electron chi connectivity index (χ2n) is 1.42. The van der Waals surface area contributed by atoms with Crippen molar-refractivity contribution in [2.24, 2.45) is 5.73 Å². The Balaban J connectivity index is 0. The summed E-state index contributed by atoms with van der Waals surface area (Å²) in [5.41, 5.74) is 5.29. The van der Waals surface area contributed by atoms with Gasteiger partial charge in [-0.15, -0.1) is 0 Å². The normalized spacial score (nSPS) is 6.50. The monoisotopic (exact) mass is 142 g/mol. The van der Waals surface area contributed by atoms with Crippen molar-refractivity contribution in [2.75, 3.05) is 0 Å². The molecule has 0 aromatic carbocycles. The highest BCUT2D eigenvalue weighted by molar-refractivity contribution is 5.91. The number of rotatable bonds is 2. The SMILES string of the molecule is C=C(CC)C(N)=O.N=C=O. The lowest BCUT2D eigenvalue weighted by Crippen LogP contribution is -2.11. The molecular formula is C6H10N2O2.